The van der Waals surface area contributed by atoms with E-state index in [9.17, 15) is 0 Å². The summed E-state index contributed by atoms with van der Waals surface area (Å²) in [6.45, 7) is 8.55. The Bertz CT molecular complexity index is 78.0. The van der Waals surface area contributed by atoms with E-state index in [0.717, 1.165) is 6.42 Å². The molecule has 0 aliphatic heterocycles. The van der Waals surface area contributed by atoms with Crippen molar-refractivity contribution in [3.63, 3.8) is 0 Å². The minimum absolute atomic E-state index is 0.897. The van der Waals surface area contributed by atoms with Gasteiger partial charge in [-0.25, -0.2) is 0 Å². The van der Waals surface area contributed by atoms with Gasteiger partial charge in [0, 0.05) is 0 Å². The summed E-state index contributed by atoms with van der Waals surface area (Å²) in [5.41, 5.74) is 0. The predicted molar refractivity (Wildman–Crippen MR) is 32.8 cm³/mol. The Morgan fingerprint density at radius 2 is 2.29 bits per heavy atom. The maximum atomic E-state index is 5.02. The average molecular weight is 93.1 g/mol. The Labute approximate surface area is 44.9 Å². The van der Waals surface area contributed by atoms with Gasteiger partial charge < -0.3 is 0 Å². The number of hydrogen-bond donors (Lipinski definition) is 0. The molecule has 7 heavy (non-hydrogen) atoms. The van der Waals surface area contributed by atoms with Crippen LogP contribution in [-0.2, 0) is 0 Å². The van der Waals surface area contributed by atoms with Crippen molar-refractivity contribution in [1.82, 2.24) is 0 Å². The molecular formula is C7H9. The van der Waals surface area contributed by atoms with Crippen molar-refractivity contribution in [2.45, 2.75) is 6.42 Å². The summed E-state index contributed by atoms with van der Waals surface area (Å²) in [4.78, 5) is 0. The molecule has 0 N–H and O–H groups in total. The van der Waals surface area contributed by atoms with Crippen molar-refractivity contribution in [1.29, 1.82) is 0 Å². The van der Waals surface area contributed by atoms with Gasteiger partial charge in [-0.15, -0.1) is 6.58 Å². The monoisotopic (exact) mass is 93.1 g/mol. The van der Waals surface area contributed by atoms with Crippen molar-refractivity contribution in [3.8, 4) is 0 Å². The van der Waals surface area contributed by atoms with Crippen LogP contribution in [0.25, 0.3) is 0 Å². The molecule has 0 aliphatic carbocycles. The lowest BCUT2D eigenvalue weighted by Gasteiger charge is -1.71. The van der Waals surface area contributed by atoms with E-state index < -0.39 is 0 Å². The zero-order chi connectivity index (χ0) is 5.54. The van der Waals surface area contributed by atoms with Crippen LogP contribution in [-0.4, -0.2) is 0 Å². The van der Waals surface area contributed by atoms with Crippen molar-refractivity contribution >= 4 is 0 Å². The highest BCUT2D eigenvalue weighted by Gasteiger charge is 1.59. The van der Waals surface area contributed by atoms with Gasteiger partial charge >= 0.3 is 0 Å². The number of hydrogen-bond acceptors (Lipinski definition) is 0. The van der Waals surface area contributed by atoms with E-state index in [1.807, 2.05) is 12.2 Å². The van der Waals surface area contributed by atoms with Gasteiger partial charge in [-0.1, -0.05) is 30.9 Å². The van der Waals surface area contributed by atoms with Crippen LogP contribution in [0.4, 0.5) is 0 Å². The Hall–Kier alpha value is -0.780. The maximum absolute atomic E-state index is 5.02. The molecule has 0 heterocycles. The first-order valence-electron chi connectivity index (χ1n) is 2.22. The van der Waals surface area contributed by atoms with Crippen molar-refractivity contribution in [2.24, 2.45) is 0 Å². The predicted octanol–water partition coefficient (Wildman–Crippen LogP) is 2.11. The summed E-state index contributed by atoms with van der Waals surface area (Å²) in [5.74, 6) is 0. The topological polar surface area (TPSA) is 0 Å². The van der Waals surface area contributed by atoms with Crippen LogP contribution in [0.15, 0.2) is 30.9 Å². The molecule has 0 aromatic carbocycles. The lowest BCUT2D eigenvalue weighted by atomic mass is 10.4. The van der Waals surface area contributed by atoms with E-state index in [1.54, 1.807) is 6.08 Å². The minimum Gasteiger partial charge on any atom is -0.103 e. The standard InChI is InChI=1S/C7H9/c1-3-5-7-6-4-2/h1,3-5,7H,2,6H2/b3-1?,7-5+. The first-order chi connectivity index (χ1) is 3.41. The third kappa shape index (κ3) is 5.22. The quantitative estimate of drug-likeness (QED) is 0.370. The molecule has 0 nitrogen and oxygen atoms in total. The van der Waals surface area contributed by atoms with E-state index in [1.165, 1.54) is 6.08 Å². The highest BCUT2D eigenvalue weighted by Crippen LogP contribution is 1.80. The van der Waals surface area contributed by atoms with Crippen LogP contribution in [0.1, 0.15) is 6.42 Å². The molecule has 1 radical (unpaired) electrons. The molecule has 0 heteroatoms. The Kier molecular flexibility index (Phi) is 4.64. The van der Waals surface area contributed by atoms with E-state index >= 15 is 0 Å². The van der Waals surface area contributed by atoms with Gasteiger partial charge in [0.05, 0.1) is 0 Å². The summed E-state index contributed by atoms with van der Waals surface area (Å²) in [6.07, 6.45) is 7.95. The SMILES string of the molecule is [CH]=C/C=C/CC=C. The van der Waals surface area contributed by atoms with Crippen LogP contribution in [0.2, 0.25) is 0 Å². The molecule has 37 valence electrons. The van der Waals surface area contributed by atoms with Gasteiger partial charge in [0.15, 0.2) is 0 Å². The lowest BCUT2D eigenvalue weighted by Crippen LogP contribution is -1.50. The van der Waals surface area contributed by atoms with Crippen LogP contribution >= 0.6 is 0 Å². The molecule has 0 aromatic rings. The third-order valence-electron chi connectivity index (χ3n) is 0.550. The summed E-state index contributed by atoms with van der Waals surface area (Å²) < 4.78 is 0. The van der Waals surface area contributed by atoms with Crippen molar-refractivity contribution in [2.75, 3.05) is 0 Å². The summed E-state index contributed by atoms with van der Waals surface area (Å²) in [5, 5.41) is 0. The van der Waals surface area contributed by atoms with E-state index in [0.29, 0.717) is 0 Å². The molecule has 0 bridgehead atoms. The zero-order valence-electron chi connectivity index (χ0n) is 4.30. The van der Waals surface area contributed by atoms with E-state index in [4.69, 9.17) is 6.58 Å². The normalized spacial score (nSPS) is 9.14. The van der Waals surface area contributed by atoms with Gasteiger partial charge in [-0.2, -0.15) is 0 Å². The second-order valence-electron chi connectivity index (χ2n) is 1.14. The second-order valence-corrected chi connectivity index (χ2v) is 1.14. The Morgan fingerprint density at radius 3 is 2.71 bits per heavy atom. The molecule has 0 rings (SSSR count). The molecular weight excluding hydrogens is 84.1 g/mol. The Morgan fingerprint density at radius 1 is 1.57 bits per heavy atom. The van der Waals surface area contributed by atoms with Gasteiger partial charge in [0.25, 0.3) is 0 Å². The molecule has 0 spiro atoms. The Balaban J connectivity index is 3.08. The molecule has 0 saturated heterocycles. The minimum atomic E-state index is 0.897. The molecule has 0 aliphatic rings. The van der Waals surface area contributed by atoms with Crippen LogP contribution in [0, 0.1) is 6.58 Å². The number of allylic oxidation sites excluding steroid dienone is 4. The molecule has 0 aromatic heterocycles. The van der Waals surface area contributed by atoms with Crippen LogP contribution in [0.3, 0.4) is 0 Å². The van der Waals surface area contributed by atoms with Crippen molar-refractivity contribution in [3.05, 3.63) is 37.5 Å². The average Bonchev–Trinajstić information content (AvgIpc) is 1.69. The van der Waals surface area contributed by atoms with Gasteiger partial charge in [0.2, 0.25) is 0 Å². The van der Waals surface area contributed by atoms with Gasteiger partial charge in [-0.05, 0) is 6.42 Å². The summed E-state index contributed by atoms with van der Waals surface area (Å²) in [7, 11) is 0. The third-order valence-corrected chi connectivity index (χ3v) is 0.550. The molecule has 0 fully saturated rings. The van der Waals surface area contributed by atoms with Crippen LogP contribution in [0.5, 0.6) is 0 Å². The zero-order valence-corrected chi connectivity index (χ0v) is 4.30. The molecule has 0 amide bonds. The fraction of sp³-hybridized carbons (Fsp3) is 0.143. The first kappa shape index (κ1) is 6.22. The lowest BCUT2D eigenvalue weighted by molar-refractivity contribution is 1.41. The van der Waals surface area contributed by atoms with E-state index in [-0.39, 0.29) is 0 Å². The van der Waals surface area contributed by atoms with Crippen LogP contribution < -0.4 is 0 Å². The van der Waals surface area contributed by atoms with Gasteiger partial charge in [-0.3, -0.25) is 0 Å². The van der Waals surface area contributed by atoms with Gasteiger partial charge in [0.1, 0.15) is 0 Å². The molecule has 0 saturated carbocycles. The summed E-state index contributed by atoms with van der Waals surface area (Å²) in [6, 6.07) is 0. The van der Waals surface area contributed by atoms with E-state index in [2.05, 4.69) is 6.58 Å². The highest BCUT2D eigenvalue weighted by atomic mass is 13.7. The highest BCUT2D eigenvalue weighted by molar-refractivity contribution is 4.98. The summed E-state index contributed by atoms with van der Waals surface area (Å²) >= 11 is 0. The number of rotatable bonds is 3. The maximum Gasteiger partial charge on any atom is -0.0169 e. The fourth-order valence-electron chi connectivity index (χ4n) is 0.253. The fourth-order valence-corrected chi connectivity index (χ4v) is 0.253. The smallest absolute Gasteiger partial charge is 0.0169 e. The van der Waals surface area contributed by atoms with Crippen molar-refractivity contribution < 1.29 is 0 Å². The first-order valence-corrected chi connectivity index (χ1v) is 2.22. The largest absolute Gasteiger partial charge is 0.103 e. The second kappa shape index (κ2) is 5.22. The molecule has 0 unspecified atom stereocenters. The molecule has 0 atom stereocenters.